The van der Waals surface area contributed by atoms with Gasteiger partial charge in [-0.2, -0.15) is 5.26 Å². The topological polar surface area (TPSA) is 109 Å². The summed E-state index contributed by atoms with van der Waals surface area (Å²) in [4.78, 5) is 28.4. The number of carbonyl (C=O) groups is 1. The molecule has 25 heavy (non-hydrogen) atoms. The van der Waals surface area contributed by atoms with Crippen LogP contribution in [0.5, 0.6) is 5.75 Å². The molecule has 0 bridgehead atoms. The molecule has 0 saturated carbocycles. The van der Waals surface area contributed by atoms with Gasteiger partial charge in [-0.1, -0.05) is 19.1 Å². The quantitative estimate of drug-likeness (QED) is 0.626. The van der Waals surface area contributed by atoms with Crippen molar-refractivity contribution < 1.29 is 14.5 Å². The van der Waals surface area contributed by atoms with E-state index >= 15 is 0 Å². The van der Waals surface area contributed by atoms with E-state index in [2.05, 4.69) is 4.98 Å². The van der Waals surface area contributed by atoms with Crippen molar-refractivity contribution in [3.63, 3.8) is 0 Å². The first-order valence-corrected chi connectivity index (χ1v) is 7.66. The number of benzene rings is 1. The van der Waals surface area contributed by atoms with Crippen molar-refractivity contribution in [1.29, 1.82) is 5.26 Å². The second-order valence-electron chi connectivity index (χ2n) is 5.50. The Kier molecular flexibility index (Phi) is 4.31. The summed E-state index contributed by atoms with van der Waals surface area (Å²) >= 11 is 0. The molecule has 0 radical (unpaired) electrons. The van der Waals surface area contributed by atoms with Gasteiger partial charge in [0.05, 0.1) is 18.2 Å². The lowest BCUT2D eigenvalue weighted by molar-refractivity contribution is -0.389. The molecule has 8 heteroatoms. The predicted molar refractivity (Wildman–Crippen MR) is 87.9 cm³/mol. The number of hydrogen-bond donors (Lipinski definition) is 0. The third-order valence-electron chi connectivity index (χ3n) is 3.85. The Hall–Kier alpha value is -3.47. The van der Waals surface area contributed by atoms with Crippen LogP contribution < -0.4 is 9.64 Å². The molecule has 0 saturated heterocycles. The van der Waals surface area contributed by atoms with Crippen LogP contribution in [0.2, 0.25) is 0 Å². The number of carbonyl (C=O) groups excluding carboxylic acids is 1. The minimum Gasteiger partial charge on any atom is -0.474 e. The molecule has 1 amide bonds. The molecule has 126 valence electrons. The van der Waals surface area contributed by atoms with E-state index in [1.165, 1.54) is 17.0 Å². The largest absolute Gasteiger partial charge is 0.474 e. The average Bonchev–Trinajstić information content (AvgIpc) is 2.63. The van der Waals surface area contributed by atoms with Crippen molar-refractivity contribution in [1.82, 2.24) is 4.98 Å². The molecule has 8 nitrogen and oxygen atoms in total. The van der Waals surface area contributed by atoms with Gasteiger partial charge in [-0.05, 0) is 40.1 Å². The van der Waals surface area contributed by atoms with E-state index < -0.39 is 11.0 Å². The molecule has 2 heterocycles. The number of nitriles is 1. The molecule has 0 fully saturated rings. The first-order chi connectivity index (χ1) is 12.0. The average molecular weight is 338 g/mol. The summed E-state index contributed by atoms with van der Waals surface area (Å²) in [7, 11) is 0. The van der Waals surface area contributed by atoms with Gasteiger partial charge in [0.25, 0.3) is 11.7 Å². The number of amides is 1. The highest BCUT2D eigenvalue weighted by molar-refractivity contribution is 5.99. The Morgan fingerprint density at radius 3 is 2.88 bits per heavy atom. The summed E-state index contributed by atoms with van der Waals surface area (Å²) in [5.41, 5.74) is 1.20. The van der Waals surface area contributed by atoms with Crippen LogP contribution in [0.4, 0.5) is 11.6 Å². The molecule has 3 rings (SSSR count). The fourth-order valence-electron chi connectivity index (χ4n) is 2.63. The molecule has 2 aromatic rings. The normalized spacial score (nSPS) is 15.9. The van der Waals surface area contributed by atoms with E-state index in [9.17, 15) is 14.9 Å². The molecule has 0 N–H and O–H groups in total. The van der Waals surface area contributed by atoms with Gasteiger partial charge in [0.2, 0.25) is 0 Å². The number of nitrogens with zero attached hydrogens (tertiary/aromatic N) is 4. The van der Waals surface area contributed by atoms with Crippen LogP contribution in [-0.4, -0.2) is 21.9 Å². The van der Waals surface area contributed by atoms with Gasteiger partial charge in [0, 0.05) is 6.07 Å². The molecule has 1 aliphatic rings. The van der Waals surface area contributed by atoms with Gasteiger partial charge >= 0.3 is 5.82 Å². The van der Waals surface area contributed by atoms with Crippen molar-refractivity contribution in [3.05, 3.63) is 57.6 Å². The highest BCUT2D eigenvalue weighted by Gasteiger charge is 2.38. The lowest BCUT2D eigenvalue weighted by atomic mass is 10.1. The van der Waals surface area contributed by atoms with Crippen LogP contribution in [0, 0.1) is 21.4 Å². The Morgan fingerprint density at radius 2 is 2.20 bits per heavy atom. The van der Waals surface area contributed by atoms with Crippen LogP contribution >= 0.6 is 0 Å². The smallest absolute Gasteiger partial charge is 0.366 e. The second kappa shape index (κ2) is 6.57. The molecule has 1 atom stereocenters. The zero-order chi connectivity index (χ0) is 18.0. The maximum absolute atomic E-state index is 12.7. The molecule has 0 aliphatic carbocycles. The van der Waals surface area contributed by atoms with Gasteiger partial charge in [-0.3, -0.25) is 9.69 Å². The maximum atomic E-state index is 12.7. The minimum atomic E-state index is -0.671. The summed E-state index contributed by atoms with van der Waals surface area (Å²) in [6.07, 6.45) is -0.209. The number of fused-ring (bicyclic) bond motifs is 1. The summed E-state index contributed by atoms with van der Waals surface area (Å²) in [5, 5.41) is 20.0. The SMILES string of the molecule is CCC1Oc2ccc([N+](=O)[O-])nc2N(Cc2cccc(C#N)c2)C1=O. The molecule has 1 aliphatic heterocycles. The van der Waals surface area contributed by atoms with Gasteiger partial charge in [0.1, 0.15) is 0 Å². The maximum Gasteiger partial charge on any atom is 0.366 e. The molecule has 1 aromatic heterocycles. The van der Waals surface area contributed by atoms with E-state index in [4.69, 9.17) is 10.00 Å². The van der Waals surface area contributed by atoms with E-state index in [-0.39, 0.29) is 24.1 Å². The van der Waals surface area contributed by atoms with Crippen molar-refractivity contribution in [2.75, 3.05) is 4.90 Å². The molecule has 1 unspecified atom stereocenters. The van der Waals surface area contributed by atoms with E-state index in [0.29, 0.717) is 17.7 Å². The van der Waals surface area contributed by atoms with Crippen LogP contribution in [0.1, 0.15) is 24.5 Å². The zero-order valence-electron chi connectivity index (χ0n) is 13.4. The highest BCUT2D eigenvalue weighted by Crippen LogP contribution is 2.35. The standard InChI is InChI=1S/C17H14N4O4/c1-2-13-17(22)20(10-12-5-3-4-11(8-12)9-18)16-14(25-13)6-7-15(19-16)21(23)24/h3-8,13H,2,10H2,1H3. The Balaban J connectivity index is 2.04. The Bertz CT molecular complexity index is 890. The molecular formula is C17H14N4O4. The number of pyridine rings is 1. The van der Waals surface area contributed by atoms with Crippen molar-refractivity contribution in [3.8, 4) is 11.8 Å². The van der Waals surface area contributed by atoms with Gasteiger partial charge in [-0.25, -0.2) is 0 Å². The van der Waals surface area contributed by atoms with E-state index in [1.807, 2.05) is 13.0 Å². The van der Waals surface area contributed by atoms with Gasteiger partial charge in [0.15, 0.2) is 11.9 Å². The minimum absolute atomic E-state index is 0.117. The third kappa shape index (κ3) is 3.12. The summed E-state index contributed by atoms with van der Waals surface area (Å²) in [6, 6.07) is 11.6. The Morgan fingerprint density at radius 1 is 1.40 bits per heavy atom. The monoisotopic (exact) mass is 338 g/mol. The lowest BCUT2D eigenvalue weighted by Gasteiger charge is -2.30. The highest BCUT2D eigenvalue weighted by atomic mass is 16.6. The van der Waals surface area contributed by atoms with Crippen LogP contribution in [0.3, 0.4) is 0 Å². The number of ether oxygens (including phenoxy) is 1. The zero-order valence-corrected chi connectivity index (χ0v) is 13.4. The summed E-state index contributed by atoms with van der Waals surface area (Å²) in [5.74, 6) is -0.231. The van der Waals surface area contributed by atoms with Crippen LogP contribution in [-0.2, 0) is 11.3 Å². The van der Waals surface area contributed by atoms with E-state index in [0.717, 1.165) is 5.56 Å². The molecule has 1 aromatic carbocycles. The first-order valence-electron chi connectivity index (χ1n) is 7.66. The predicted octanol–water partition coefficient (Wildman–Crippen LogP) is 2.57. The molecular weight excluding hydrogens is 324 g/mol. The lowest BCUT2D eigenvalue weighted by Crippen LogP contribution is -2.45. The third-order valence-corrected chi connectivity index (χ3v) is 3.85. The Labute approximate surface area is 143 Å². The summed E-state index contributed by atoms with van der Waals surface area (Å²) < 4.78 is 5.61. The first kappa shape index (κ1) is 16.4. The van der Waals surface area contributed by atoms with Crippen molar-refractivity contribution in [2.45, 2.75) is 26.0 Å². The van der Waals surface area contributed by atoms with E-state index in [1.54, 1.807) is 24.3 Å². The van der Waals surface area contributed by atoms with Crippen molar-refractivity contribution >= 4 is 17.5 Å². The van der Waals surface area contributed by atoms with Crippen LogP contribution in [0.25, 0.3) is 0 Å². The van der Waals surface area contributed by atoms with Crippen LogP contribution in [0.15, 0.2) is 36.4 Å². The van der Waals surface area contributed by atoms with Crippen molar-refractivity contribution in [2.24, 2.45) is 0 Å². The number of rotatable bonds is 4. The van der Waals surface area contributed by atoms with Gasteiger partial charge in [-0.15, -0.1) is 0 Å². The number of aromatic nitrogens is 1. The fourth-order valence-corrected chi connectivity index (χ4v) is 2.63. The number of hydrogen-bond acceptors (Lipinski definition) is 6. The molecule has 0 spiro atoms. The number of anilines is 1. The van der Waals surface area contributed by atoms with Gasteiger partial charge < -0.3 is 14.9 Å². The fraction of sp³-hybridized carbons (Fsp3) is 0.235. The summed E-state index contributed by atoms with van der Waals surface area (Å²) in [6.45, 7) is 1.97. The number of nitro groups is 1. The second-order valence-corrected chi connectivity index (χ2v) is 5.50.